The summed E-state index contributed by atoms with van der Waals surface area (Å²) in [6, 6.07) is 19.9. The molecular weight excluding hydrogens is 440 g/mol. The molecule has 0 aliphatic carbocycles. The van der Waals surface area contributed by atoms with Crippen molar-refractivity contribution in [2.75, 3.05) is 19.0 Å². The fourth-order valence-corrected chi connectivity index (χ4v) is 4.25. The topological polar surface area (TPSA) is 76.7 Å². The molecule has 0 aromatic heterocycles. The predicted molar refractivity (Wildman–Crippen MR) is 138 cm³/mol. The third-order valence-corrected chi connectivity index (χ3v) is 5.82. The number of methoxy groups -OCH3 is 1. The van der Waals surface area contributed by atoms with E-state index < -0.39 is 0 Å². The van der Waals surface area contributed by atoms with Gasteiger partial charge in [0.25, 0.3) is 5.91 Å². The van der Waals surface area contributed by atoms with Crippen molar-refractivity contribution < 1.29 is 19.1 Å². The zero-order valence-electron chi connectivity index (χ0n) is 20.5. The van der Waals surface area contributed by atoms with E-state index in [9.17, 15) is 9.59 Å². The van der Waals surface area contributed by atoms with Crippen molar-refractivity contribution in [2.24, 2.45) is 0 Å². The Morgan fingerprint density at radius 3 is 2.63 bits per heavy atom. The molecule has 2 N–H and O–H groups in total. The van der Waals surface area contributed by atoms with Crippen molar-refractivity contribution in [3.05, 3.63) is 95.1 Å². The van der Waals surface area contributed by atoms with Gasteiger partial charge in [0, 0.05) is 34.1 Å². The molecule has 4 rings (SSSR count). The minimum absolute atomic E-state index is 0.162. The Morgan fingerprint density at radius 2 is 1.86 bits per heavy atom. The number of amides is 1. The molecule has 0 saturated heterocycles. The van der Waals surface area contributed by atoms with Crippen LogP contribution in [0, 0.1) is 0 Å². The van der Waals surface area contributed by atoms with Crippen LogP contribution in [-0.4, -0.2) is 30.9 Å². The van der Waals surface area contributed by atoms with E-state index in [1.807, 2.05) is 31.2 Å². The highest BCUT2D eigenvalue weighted by atomic mass is 16.5. The predicted octanol–water partition coefficient (Wildman–Crippen LogP) is 5.49. The summed E-state index contributed by atoms with van der Waals surface area (Å²) < 4.78 is 11.0. The van der Waals surface area contributed by atoms with Crippen LogP contribution < -0.4 is 20.1 Å². The van der Waals surface area contributed by atoms with Gasteiger partial charge in [-0.2, -0.15) is 0 Å². The molecule has 35 heavy (non-hydrogen) atoms. The summed E-state index contributed by atoms with van der Waals surface area (Å²) in [7, 11) is 1.63. The van der Waals surface area contributed by atoms with E-state index >= 15 is 0 Å². The number of hydrogen-bond acceptors (Lipinski definition) is 5. The number of allylic oxidation sites excluding steroid dienone is 1. The number of carbonyl (C=O) groups is 2. The first-order chi connectivity index (χ1) is 16.8. The minimum Gasteiger partial charge on any atom is -0.497 e. The molecule has 180 valence electrons. The maximum Gasteiger partial charge on any atom is 0.259 e. The van der Waals surface area contributed by atoms with Gasteiger partial charge in [0.15, 0.2) is 5.78 Å². The Labute approximate surface area is 206 Å². The molecule has 6 heteroatoms. The maximum absolute atomic E-state index is 13.3. The lowest BCUT2D eigenvalue weighted by Gasteiger charge is -2.35. The fourth-order valence-electron chi connectivity index (χ4n) is 4.25. The van der Waals surface area contributed by atoms with Crippen molar-refractivity contribution in [1.82, 2.24) is 5.32 Å². The Hall–Kier alpha value is -4.06. The van der Waals surface area contributed by atoms with Crippen LogP contribution in [0.15, 0.2) is 72.8 Å². The molecule has 3 aromatic rings. The Bertz CT molecular complexity index is 1290. The average Bonchev–Trinajstić information content (AvgIpc) is 2.84. The van der Waals surface area contributed by atoms with Crippen LogP contribution in [0.4, 0.5) is 5.69 Å². The number of para-hydroxylation sites is 1. The molecule has 0 spiro atoms. The first kappa shape index (κ1) is 24.1. The summed E-state index contributed by atoms with van der Waals surface area (Å²) in [5.41, 5.74) is 4.11. The molecule has 1 aliphatic heterocycles. The van der Waals surface area contributed by atoms with Crippen LogP contribution in [0.5, 0.6) is 11.5 Å². The van der Waals surface area contributed by atoms with Gasteiger partial charge >= 0.3 is 0 Å². The zero-order chi connectivity index (χ0) is 25.0. The normalized spacial score (nSPS) is 15.0. The van der Waals surface area contributed by atoms with Crippen molar-refractivity contribution in [3.63, 3.8) is 0 Å². The molecule has 0 unspecified atom stereocenters. The number of ether oxygens (including phenoxy) is 2. The van der Waals surface area contributed by atoms with E-state index in [4.69, 9.17) is 9.47 Å². The molecule has 0 fully saturated rings. The van der Waals surface area contributed by atoms with Crippen LogP contribution in [-0.2, 0) is 6.42 Å². The quantitative estimate of drug-likeness (QED) is 0.353. The summed E-state index contributed by atoms with van der Waals surface area (Å²) >= 11 is 0. The first-order valence-electron chi connectivity index (χ1n) is 11.6. The number of ketones is 1. The first-order valence-corrected chi connectivity index (χ1v) is 11.6. The number of carbonyl (C=O) groups excluding carboxylic acids is 2. The highest BCUT2D eigenvalue weighted by Gasteiger charge is 2.28. The average molecular weight is 471 g/mol. The number of nitrogens with one attached hydrogen (secondary N) is 2. The molecule has 0 atom stereocenters. The van der Waals surface area contributed by atoms with Gasteiger partial charge in [0.05, 0.1) is 19.3 Å². The Kier molecular flexibility index (Phi) is 6.92. The second-order valence-electron chi connectivity index (χ2n) is 9.10. The number of anilines is 1. The van der Waals surface area contributed by atoms with E-state index in [0.29, 0.717) is 29.2 Å². The van der Waals surface area contributed by atoms with E-state index in [1.165, 1.54) is 0 Å². The third-order valence-electron chi connectivity index (χ3n) is 5.82. The van der Waals surface area contributed by atoms with Crippen molar-refractivity contribution in [3.8, 4) is 11.5 Å². The molecule has 0 radical (unpaired) electrons. The van der Waals surface area contributed by atoms with Crippen molar-refractivity contribution >= 4 is 23.1 Å². The van der Waals surface area contributed by atoms with Gasteiger partial charge in [-0.05, 0) is 69.2 Å². The van der Waals surface area contributed by atoms with Crippen LogP contribution >= 0.6 is 0 Å². The standard InChI is InChI=1S/C29H30N2O4/c1-5-35-27-12-7-6-11-23(27)28(33)30-21-10-8-9-19(15-21)26(32)17-25-24-16-22(34-4)14-13-20(24)18-29(2,3)31-25/h6-17,31H,5,18H2,1-4H3,(H,30,33)/b25-17-. The van der Waals surface area contributed by atoms with E-state index in [2.05, 4.69) is 24.5 Å². The molecule has 6 nitrogen and oxygen atoms in total. The molecule has 3 aromatic carbocycles. The Balaban J connectivity index is 1.60. The number of fused-ring (bicyclic) bond motifs is 1. The lowest BCUT2D eigenvalue weighted by molar-refractivity contribution is 0.101. The maximum atomic E-state index is 13.3. The van der Waals surface area contributed by atoms with Gasteiger partial charge in [-0.25, -0.2) is 0 Å². The van der Waals surface area contributed by atoms with Gasteiger partial charge in [0.2, 0.25) is 0 Å². The van der Waals surface area contributed by atoms with Gasteiger partial charge in [-0.15, -0.1) is 0 Å². The van der Waals surface area contributed by atoms with Crippen molar-refractivity contribution in [2.45, 2.75) is 32.7 Å². The minimum atomic E-state index is -0.297. The fraction of sp³-hybridized carbons (Fsp3) is 0.241. The van der Waals surface area contributed by atoms with E-state index in [0.717, 1.165) is 29.0 Å². The second kappa shape index (κ2) is 10.1. The number of rotatable bonds is 7. The lowest BCUT2D eigenvalue weighted by Crippen LogP contribution is -2.43. The van der Waals surface area contributed by atoms with Gasteiger partial charge in [-0.1, -0.05) is 30.3 Å². The largest absolute Gasteiger partial charge is 0.497 e. The van der Waals surface area contributed by atoms with Gasteiger partial charge in [-0.3, -0.25) is 9.59 Å². The van der Waals surface area contributed by atoms with Gasteiger partial charge in [0.1, 0.15) is 11.5 Å². The molecule has 0 saturated carbocycles. The molecule has 0 bridgehead atoms. The van der Waals surface area contributed by atoms with Crippen LogP contribution in [0.3, 0.4) is 0 Å². The van der Waals surface area contributed by atoms with Crippen molar-refractivity contribution in [1.29, 1.82) is 0 Å². The molecular formula is C29H30N2O4. The zero-order valence-corrected chi connectivity index (χ0v) is 20.5. The Morgan fingerprint density at radius 1 is 1.06 bits per heavy atom. The third kappa shape index (κ3) is 5.54. The lowest BCUT2D eigenvalue weighted by atomic mass is 9.85. The number of hydrogen-bond donors (Lipinski definition) is 2. The summed E-state index contributed by atoms with van der Waals surface area (Å²) in [5.74, 6) is 0.795. The second-order valence-corrected chi connectivity index (χ2v) is 9.10. The SMILES string of the molecule is CCOc1ccccc1C(=O)Nc1cccc(C(=O)/C=C2\NC(C)(C)Cc3ccc(OC)cc32)c1. The smallest absolute Gasteiger partial charge is 0.259 e. The highest BCUT2D eigenvalue weighted by Crippen LogP contribution is 2.32. The van der Waals surface area contributed by atoms with Crippen LogP contribution in [0.2, 0.25) is 0 Å². The van der Waals surface area contributed by atoms with Gasteiger partial charge < -0.3 is 20.1 Å². The summed E-state index contributed by atoms with van der Waals surface area (Å²) in [5, 5.41) is 6.36. The monoisotopic (exact) mass is 470 g/mol. The van der Waals surface area contributed by atoms with Crippen LogP contribution in [0.25, 0.3) is 5.70 Å². The highest BCUT2D eigenvalue weighted by molar-refractivity contribution is 6.10. The number of benzene rings is 3. The summed E-state index contributed by atoms with van der Waals surface area (Å²) in [4.78, 5) is 26.1. The van der Waals surface area contributed by atoms with Crippen LogP contribution in [0.1, 0.15) is 52.6 Å². The molecule has 1 heterocycles. The summed E-state index contributed by atoms with van der Waals surface area (Å²) in [6.07, 6.45) is 2.45. The molecule has 1 aliphatic rings. The molecule has 1 amide bonds. The van der Waals surface area contributed by atoms with E-state index in [-0.39, 0.29) is 17.2 Å². The summed E-state index contributed by atoms with van der Waals surface area (Å²) in [6.45, 7) is 6.54. The van der Waals surface area contributed by atoms with E-state index in [1.54, 1.807) is 55.7 Å².